The standard InChI is InChI=1S/C27H20NO/c1-17-21(25-14-11-18-7-5-6-10-24(18)28(25)2)12-13-22-23-15-19-8-3-4-9-20(19)16-26(23)29-27(17)22/h3-16H,1-2H3/q+1. The molecular formula is C27H20NO+. The van der Waals surface area contributed by atoms with E-state index in [1.807, 2.05) is 0 Å². The van der Waals surface area contributed by atoms with Gasteiger partial charge in [-0.2, -0.15) is 4.57 Å². The molecule has 0 fully saturated rings. The van der Waals surface area contributed by atoms with E-state index in [1.54, 1.807) is 0 Å². The van der Waals surface area contributed by atoms with E-state index < -0.39 is 0 Å². The predicted octanol–water partition coefficient (Wildman–Crippen LogP) is 6.69. The molecule has 4 aromatic carbocycles. The van der Waals surface area contributed by atoms with Gasteiger partial charge in [-0.1, -0.05) is 36.4 Å². The molecule has 0 bridgehead atoms. The van der Waals surface area contributed by atoms with E-state index in [0.29, 0.717) is 0 Å². The lowest BCUT2D eigenvalue weighted by atomic mass is 9.99. The van der Waals surface area contributed by atoms with Crippen LogP contribution in [0.15, 0.2) is 89.3 Å². The summed E-state index contributed by atoms with van der Waals surface area (Å²) in [5.41, 5.74) is 6.71. The summed E-state index contributed by atoms with van der Waals surface area (Å²) in [6.07, 6.45) is 0. The Kier molecular flexibility index (Phi) is 3.33. The normalized spacial score (nSPS) is 11.8. The maximum absolute atomic E-state index is 6.37. The number of hydrogen-bond acceptors (Lipinski definition) is 1. The van der Waals surface area contributed by atoms with Gasteiger partial charge in [0.05, 0.1) is 5.56 Å². The molecule has 0 N–H and O–H groups in total. The van der Waals surface area contributed by atoms with E-state index >= 15 is 0 Å². The van der Waals surface area contributed by atoms with Gasteiger partial charge in [-0.15, -0.1) is 0 Å². The van der Waals surface area contributed by atoms with Crippen LogP contribution in [0.25, 0.3) is 54.9 Å². The molecule has 0 spiro atoms. The summed E-state index contributed by atoms with van der Waals surface area (Å²) < 4.78 is 8.64. The van der Waals surface area contributed by atoms with Crippen LogP contribution in [0.4, 0.5) is 0 Å². The fraction of sp³-hybridized carbons (Fsp3) is 0.0741. The Bertz CT molecular complexity index is 1570. The van der Waals surface area contributed by atoms with Crippen molar-refractivity contribution < 1.29 is 8.98 Å². The fourth-order valence-corrected chi connectivity index (χ4v) is 4.55. The number of pyridine rings is 1. The molecule has 6 rings (SSSR count). The number of fused-ring (bicyclic) bond motifs is 5. The predicted molar refractivity (Wildman–Crippen MR) is 120 cm³/mol. The largest absolute Gasteiger partial charge is 0.456 e. The minimum Gasteiger partial charge on any atom is -0.456 e. The van der Waals surface area contributed by atoms with Crippen LogP contribution >= 0.6 is 0 Å². The van der Waals surface area contributed by atoms with E-state index in [-0.39, 0.29) is 0 Å². The van der Waals surface area contributed by atoms with Gasteiger partial charge in [0, 0.05) is 33.9 Å². The Balaban J connectivity index is 1.64. The van der Waals surface area contributed by atoms with Gasteiger partial charge in [0.25, 0.3) is 0 Å². The monoisotopic (exact) mass is 374 g/mol. The number of nitrogens with zero attached hydrogens (tertiary/aromatic N) is 1. The van der Waals surface area contributed by atoms with Gasteiger partial charge in [-0.25, -0.2) is 0 Å². The van der Waals surface area contributed by atoms with E-state index in [9.17, 15) is 0 Å². The average Bonchev–Trinajstić information content (AvgIpc) is 3.12. The van der Waals surface area contributed by atoms with Crippen molar-refractivity contribution in [2.75, 3.05) is 0 Å². The summed E-state index contributed by atoms with van der Waals surface area (Å²) in [6.45, 7) is 2.16. The first-order valence-corrected chi connectivity index (χ1v) is 9.93. The Morgan fingerprint density at radius 2 is 1.41 bits per heavy atom. The summed E-state index contributed by atoms with van der Waals surface area (Å²) in [4.78, 5) is 0. The molecule has 0 aliphatic rings. The maximum atomic E-state index is 6.37. The van der Waals surface area contributed by atoms with Crippen LogP contribution in [0.3, 0.4) is 0 Å². The lowest BCUT2D eigenvalue weighted by Gasteiger charge is -2.07. The zero-order chi connectivity index (χ0) is 19.5. The number of para-hydroxylation sites is 1. The third-order valence-corrected chi connectivity index (χ3v) is 6.11. The van der Waals surface area contributed by atoms with Crippen LogP contribution in [-0.4, -0.2) is 0 Å². The smallest absolute Gasteiger partial charge is 0.213 e. The molecule has 2 aromatic heterocycles. The first kappa shape index (κ1) is 16.3. The van der Waals surface area contributed by atoms with Crippen molar-refractivity contribution in [3.63, 3.8) is 0 Å². The van der Waals surface area contributed by atoms with E-state index in [1.165, 1.54) is 49.3 Å². The summed E-state index contributed by atoms with van der Waals surface area (Å²) in [6, 6.07) is 30.2. The minimum absolute atomic E-state index is 0.946. The zero-order valence-electron chi connectivity index (χ0n) is 16.4. The van der Waals surface area contributed by atoms with Gasteiger partial charge in [-0.3, -0.25) is 0 Å². The van der Waals surface area contributed by atoms with Crippen molar-refractivity contribution in [2.45, 2.75) is 6.92 Å². The molecule has 2 heterocycles. The van der Waals surface area contributed by atoms with Gasteiger partial charge in [-0.05, 0) is 54.1 Å². The highest BCUT2D eigenvalue weighted by Gasteiger charge is 2.19. The third-order valence-electron chi connectivity index (χ3n) is 6.11. The van der Waals surface area contributed by atoms with Crippen LogP contribution in [-0.2, 0) is 7.05 Å². The van der Waals surface area contributed by atoms with Crippen LogP contribution < -0.4 is 4.57 Å². The maximum Gasteiger partial charge on any atom is 0.213 e. The van der Waals surface area contributed by atoms with Crippen molar-refractivity contribution in [3.8, 4) is 11.3 Å². The zero-order valence-corrected chi connectivity index (χ0v) is 16.4. The minimum atomic E-state index is 0.946. The van der Waals surface area contributed by atoms with Crippen molar-refractivity contribution in [1.82, 2.24) is 0 Å². The van der Waals surface area contributed by atoms with E-state index in [4.69, 9.17) is 4.42 Å². The topological polar surface area (TPSA) is 17.0 Å². The lowest BCUT2D eigenvalue weighted by Crippen LogP contribution is -2.32. The molecule has 0 saturated carbocycles. The molecule has 2 heteroatoms. The van der Waals surface area contributed by atoms with Crippen molar-refractivity contribution >= 4 is 43.6 Å². The summed E-state index contributed by atoms with van der Waals surface area (Å²) in [5, 5.41) is 6.04. The first-order valence-electron chi connectivity index (χ1n) is 9.93. The highest BCUT2D eigenvalue weighted by Crippen LogP contribution is 2.37. The molecule has 2 nitrogen and oxygen atoms in total. The highest BCUT2D eigenvalue weighted by atomic mass is 16.3. The Morgan fingerprint density at radius 3 is 2.24 bits per heavy atom. The molecule has 0 radical (unpaired) electrons. The summed E-state index contributed by atoms with van der Waals surface area (Å²) in [7, 11) is 2.13. The van der Waals surface area contributed by atoms with Crippen LogP contribution in [0.2, 0.25) is 0 Å². The molecule has 29 heavy (non-hydrogen) atoms. The molecule has 138 valence electrons. The third kappa shape index (κ3) is 2.32. The second-order valence-electron chi connectivity index (χ2n) is 7.75. The Hall–Kier alpha value is -3.65. The first-order chi connectivity index (χ1) is 14.2. The van der Waals surface area contributed by atoms with E-state index in [0.717, 1.165) is 11.2 Å². The molecule has 0 aliphatic heterocycles. The molecule has 0 amide bonds. The molecule has 0 saturated heterocycles. The number of aryl methyl sites for hydroxylation is 2. The van der Waals surface area contributed by atoms with Crippen LogP contribution in [0, 0.1) is 6.92 Å². The van der Waals surface area contributed by atoms with Crippen molar-refractivity contribution in [2.24, 2.45) is 7.05 Å². The number of benzene rings is 4. The Labute approximate surface area is 168 Å². The highest BCUT2D eigenvalue weighted by molar-refractivity contribution is 6.11. The lowest BCUT2D eigenvalue weighted by molar-refractivity contribution is -0.633. The molecule has 6 aromatic rings. The number of aromatic nitrogens is 1. The summed E-state index contributed by atoms with van der Waals surface area (Å²) in [5.74, 6) is 0. The van der Waals surface area contributed by atoms with Gasteiger partial charge in [0.2, 0.25) is 11.2 Å². The molecule has 0 atom stereocenters. The van der Waals surface area contributed by atoms with Crippen LogP contribution in [0.5, 0.6) is 0 Å². The van der Waals surface area contributed by atoms with Crippen molar-refractivity contribution in [3.05, 3.63) is 90.5 Å². The average molecular weight is 374 g/mol. The van der Waals surface area contributed by atoms with Gasteiger partial charge >= 0.3 is 0 Å². The number of hydrogen-bond donors (Lipinski definition) is 0. The fourth-order valence-electron chi connectivity index (χ4n) is 4.55. The van der Waals surface area contributed by atoms with Crippen molar-refractivity contribution in [1.29, 1.82) is 0 Å². The molecule has 0 aliphatic carbocycles. The SMILES string of the molecule is Cc1c(-c2ccc3ccccc3[n+]2C)ccc2c1oc1cc3ccccc3cc12. The van der Waals surface area contributed by atoms with Gasteiger partial charge < -0.3 is 4.42 Å². The quantitative estimate of drug-likeness (QED) is 0.293. The number of furan rings is 1. The van der Waals surface area contributed by atoms with Gasteiger partial charge in [0.15, 0.2) is 0 Å². The summed E-state index contributed by atoms with van der Waals surface area (Å²) >= 11 is 0. The molecular weight excluding hydrogens is 354 g/mol. The second-order valence-corrected chi connectivity index (χ2v) is 7.75. The van der Waals surface area contributed by atoms with Crippen LogP contribution in [0.1, 0.15) is 5.56 Å². The molecule has 0 unspecified atom stereocenters. The van der Waals surface area contributed by atoms with E-state index in [2.05, 4.69) is 103 Å². The number of rotatable bonds is 1. The second kappa shape index (κ2) is 5.92. The Morgan fingerprint density at radius 1 is 0.690 bits per heavy atom. The van der Waals surface area contributed by atoms with Gasteiger partial charge in [0.1, 0.15) is 18.2 Å².